The van der Waals surface area contributed by atoms with Crippen molar-refractivity contribution >= 4 is 5.69 Å². The smallest absolute Gasteiger partial charge is 0.240 e. The van der Waals surface area contributed by atoms with Crippen molar-refractivity contribution in [1.82, 2.24) is 9.97 Å². The zero-order valence-electron chi connectivity index (χ0n) is 6.88. The fourth-order valence-corrected chi connectivity index (χ4v) is 0.776. The molecule has 0 radical (unpaired) electrons. The molecular weight excluding hydrogens is 142 g/mol. The molecule has 0 bridgehead atoms. The molecule has 1 rings (SSSR count). The van der Waals surface area contributed by atoms with Crippen molar-refractivity contribution in [3.8, 4) is 5.88 Å². The molecule has 4 heteroatoms. The molecule has 0 unspecified atom stereocenters. The van der Waals surface area contributed by atoms with Crippen LogP contribution in [0.2, 0.25) is 0 Å². The zero-order valence-corrected chi connectivity index (χ0v) is 6.88. The first kappa shape index (κ1) is 7.78. The van der Waals surface area contributed by atoms with Crippen molar-refractivity contribution in [2.24, 2.45) is 0 Å². The number of methoxy groups -OCH3 is 1. The lowest BCUT2D eigenvalue weighted by Gasteiger charge is -2.05. The summed E-state index contributed by atoms with van der Waals surface area (Å²) >= 11 is 0. The van der Waals surface area contributed by atoms with E-state index in [0.29, 0.717) is 11.7 Å². The molecular formula is C7H11N3O. The van der Waals surface area contributed by atoms with Crippen molar-refractivity contribution in [3.63, 3.8) is 0 Å². The average Bonchev–Trinajstić information content (AvgIpc) is 2.04. The van der Waals surface area contributed by atoms with E-state index >= 15 is 0 Å². The van der Waals surface area contributed by atoms with Gasteiger partial charge in [-0.3, -0.25) is 0 Å². The van der Waals surface area contributed by atoms with Gasteiger partial charge in [0.15, 0.2) is 0 Å². The number of nitrogens with zero attached hydrogens (tertiary/aromatic N) is 2. The minimum Gasteiger partial charge on any atom is -0.479 e. The van der Waals surface area contributed by atoms with Crippen LogP contribution in [0, 0.1) is 6.92 Å². The molecule has 0 atom stereocenters. The van der Waals surface area contributed by atoms with Crippen LogP contribution in [0.3, 0.4) is 0 Å². The standard InChI is InChI=1S/C7H11N3O/c1-5-9-4-6(8-2)7(10-5)11-3/h4,8H,1-3H3. The van der Waals surface area contributed by atoms with E-state index < -0.39 is 0 Å². The molecule has 1 aromatic heterocycles. The van der Waals surface area contributed by atoms with Crippen LogP contribution in [0.1, 0.15) is 5.82 Å². The van der Waals surface area contributed by atoms with Gasteiger partial charge in [0.1, 0.15) is 11.5 Å². The van der Waals surface area contributed by atoms with Gasteiger partial charge in [-0.15, -0.1) is 0 Å². The van der Waals surface area contributed by atoms with E-state index in [4.69, 9.17) is 4.74 Å². The SMILES string of the molecule is CNc1cnc(C)nc1OC. The third-order valence-corrected chi connectivity index (χ3v) is 1.34. The number of aromatic nitrogens is 2. The highest BCUT2D eigenvalue weighted by atomic mass is 16.5. The van der Waals surface area contributed by atoms with Gasteiger partial charge in [-0.05, 0) is 6.92 Å². The van der Waals surface area contributed by atoms with Crippen LogP contribution in [-0.4, -0.2) is 24.1 Å². The second-order valence-corrected chi connectivity index (χ2v) is 2.09. The molecule has 4 nitrogen and oxygen atoms in total. The van der Waals surface area contributed by atoms with E-state index in [1.165, 1.54) is 0 Å². The lowest BCUT2D eigenvalue weighted by Crippen LogP contribution is -1.99. The van der Waals surface area contributed by atoms with Crippen LogP contribution in [0.15, 0.2) is 6.20 Å². The van der Waals surface area contributed by atoms with Gasteiger partial charge in [0, 0.05) is 7.05 Å². The van der Waals surface area contributed by atoms with Crippen molar-refractivity contribution in [3.05, 3.63) is 12.0 Å². The molecule has 0 spiro atoms. The predicted octanol–water partition coefficient (Wildman–Crippen LogP) is 0.835. The Morgan fingerprint density at radius 1 is 1.55 bits per heavy atom. The molecule has 1 aromatic rings. The van der Waals surface area contributed by atoms with E-state index in [9.17, 15) is 0 Å². The maximum absolute atomic E-state index is 5.00. The normalized spacial score (nSPS) is 9.36. The van der Waals surface area contributed by atoms with Crippen LogP contribution in [0.25, 0.3) is 0 Å². The molecule has 0 aliphatic carbocycles. The molecule has 1 N–H and O–H groups in total. The van der Waals surface area contributed by atoms with Gasteiger partial charge in [-0.25, -0.2) is 4.98 Å². The number of rotatable bonds is 2. The molecule has 0 aliphatic heterocycles. The van der Waals surface area contributed by atoms with Crippen molar-refractivity contribution in [1.29, 1.82) is 0 Å². The summed E-state index contributed by atoms with van der Waals surface area (Å²) in [5, 5.41) is 2.92. The highest BCUT2D eigenvalue weighted by Crippen LogP contribution is 2.18. The number of hydrogen-bond acceptors (Lipinski definition) is 4. The third-order valence-electron chi connectivity index (χ3n) is 1.34. The second-order valence-electron chi connectivity index (χ2n) is 2.09. The first-order valence-electron chi connectivity index (χ1n) is 3.33. The first-order chi connectivity index (χ1) is 5.27. The summed E-state index contributed by atoms with van der Waals surface area (Å²) in [6.07, 6.45) is 1.70. The van der Waals surface area contributed by atoms with Gasteiger partial charge in [0.2, 0.25) is 5.88 Å². The minimum absolute atomic E-state index is 0.583. The maximum atomic E-state index is 5.00. The molecule has 1 heterocycles. The van der Waals surface area contributed by atoms with E-state index in [1.807, 2.05) is 6.92 Å². The van der Waals surface area contributed by atoms with Gasteiger partial charge < -0.3 is 10.1 Å². The van der Waals surface area contributed by atoms with Gasteiger partial charge in [0.25, 0.3) is 0 Å². The Morgan fingerprint density at radius 2 is 2.27 bits per heavy atom. The summed E-state index contributed by atoms with van der Waals surface area (Å²) < 4.78 is 5.00. The lowest BCUT2D eigenvalue weighted by atomic mass is 10.5. The highest BCUT2D eigenvalue weighted by Gasteiger charge is 2.01. The monoisotopic (exact) mass is 153 g/mol. The Labute approximate surface area is 65.6 Å². The molecule has 0 amide bonds. The fraction of sp³-hybridized carbons (Fsp3) is 0.429. The Morgan fingerprint density at radius 3 is 2.82 bits per heavy atom. The molecule has 60 valence electrons. The van der Waals surface area contributed by atoms with Crippen LogP contribution in [0.4, 0.5) is 5.69 Å². The summed E-state index contributed by atoms with van der Waals surface area (Å²) in [5.41, 5.74) is 0.804. The van der Waals surface area contributed by atoms with Gasteiger partial charge >= 0.3 is 0 Å². The van der Waals surface area contributed by atoms with Crippen LogP contribution in [-0.2, 0) is 0 Å². The Bertz CT molecular complexity index is 249. The Hall–Kier alpha value is -1.32. The third kappa shape index (κ3) is 1.58. The molecule has 0 aliphatic rings. The Kier molecular flexibility index (Phi) is 2.25. The fourth-order valence-electron chi connectivity index (χ4n) is 0.776. The quantitative estimate of drug-likeness (QED) is 0.683. The summed E-state index contributed by atoms with van der Waals surface area (Å²) in [5.74, 6) is 1.29. The van der Waals surface area contributed by atoms with Gasteiger partial charge in [-0.2, -0.15) is 4.98 Å². The number of ether oxygens (including phenoxy) is 1. The maximum Gasteiger partial charge on any atom is 0.240 e. The average molecular weight is 153 g/mol. The molecule has 0 saturated carbocycles. The minimum atomic E-state index is 0.583. The molecule has 0 aromatic carbocycles. The van der Waals surface area contributed by atoms with E-state index in [1.54, 1.807) is 20.4 Å². The summed E-state index contributed by atoms with van der Waals surface area (Å²) in [4.78, 5) is 8.07. The largest absolute Gasteiger partial charge is 0.479 e. The van der Waals surface area contributed by atoms with E-state index in [2.05, 4.69) is 15.3 Å². The number of aryl methyl sites for hydroxylation is 1. The van der Waals surface area contributed by atoms with Crippen LogP contribution in [0.5, 0.6) is 5.88 Å². The van der Waals surface area contributed by atoms with Crippen molar-refractivity contribution < 1.29 is 4.74 Å². The number of hydrogen-bond donors (Lipinski definition) is 1. The summed E-state index contributed by atoms with van der Waals surface area (Å²) in [7, 11) is 3.39. The predicted molar refractivity (Wildman–Crippen MR) is 42.9 cm³/mol. The number of anilines is 1. The van der Waals surface area contributed by atoms with Crippen LogP contribution < -0.4 is 10.1 Å². The summed E-state index contributed by atoms with van der Waals surface area (Å²) in [6.45, 7) is 1.82. The van der Waals surface area contributed by atoms with E-state index in [0.717, 1.165) is 5.69 Å². The Balaban J connectivity index is 3.06. The van der Waals surface area contributed by atoms with Crippen molar-refractivity contribution in [2.75, 3.05) is 19.5 Å². The van der Waals surface area contributed by atoms with Crippen LogP contribution >= 0.6 is 0 Å². The highest BCUT2D eigenvalue weighted by molar-refractivity contribution is 5.49. The van der Waals surface area contributed by atoms with E-state index in [-0.39, 0.29) is 0 Å². The lowest BCUT2D eigenvalue weighted by molar-refractivity contribution is 0.397. The molecule has 0 saturated heterocycles. The van der Waals surface area contributed by atoms with Gasteiger partial charge in [0.05, 0.1) is 13.3 Å². The zero-order chi connectivity index (χ0) is 8.27. The van der Waals surface area contributed by atoms with Crippen molar-refractivity contribution in [2.45, 2.75) is 6.92 Å². The topological polar surface area (TPSA) is 47.0 Å². The first-order valence-corrected chi connectivity index (χ1v) is 3.33. The van der Waals surface area contributed by atoms with Gasteiger partial charge in [-0.1, -0.05) is 0 Å². The summed E-state index contributed by atoms with van der Waals surface area (Å²) in [6, 6.07) is 0. The molecule has 0 fully saturated rings. The second kappa shape index (κ2) is 3.18. The molecule has 11 heavy (non-hydrogen) atoms. The number of nitrogens with one attached hydrogen (secondary N) is 1.